The molecule has 1 fully saturated rings. The zero-order valence-electron chi connectivity index (χ0n) is 8.75. The highest BCUT2D eigenvalue weighted by molar-refractivity contribution is 8.00. The van der Waals surface area contributed by atoms with Gasteiger partial charge in [-0.15, -0.1) is 23.4 Å². The fourth-order valence-electron chi connectivity index (χ4n) is 1.33. The highest BCUT2D eigenvalue weighted by Gasteiger charge is 2.23. The van der Waals surface area contributed by atoms with Gasteiger partial charge in [-0.2, -0.15) is 0 Å². The molecule has 0 bridgehead atoms. The molecule has 0 radical (unpaired) electrons. The number of hydrogen-bond donors (Lipinski definition) is 1. The van der Waals surface area contributed by atoms with Gasteiger partial charge in [-0.05, 0) is 24.5 Å². The van der Waals surface area contributed by atoms with Crippen molar-refractivity contribution in [2.75, 3.05) is 12.3 Å². The predicted octanol–water partition coefficient (Wildman–Crippen LogP) is 2.26. The summed E-state index contributed by atoms with van der Waals surface area (Å²) in [5.41, 5.74) is 0. The topological polar surface area (TPSA) is 29.1 Å². The zero-order valence-corrected chi connectivity index (χ0v) is 10.3. The summed E-state index contributed by atoms with van der Waals surface area (Å²) in [6.45, 7) is 4.72. The number of amides is 1. The van der Waals surface area contributed by atoms with E-state index in [1.54, 1.807) is 11.8 Å². The summed E-state index contributed by atoms with van der Waals surface area (Å²) in [6.07, 6.45) is 2.18. The van der Waals surface area contributed by atoms with E-state index in [0.29, 0.717) is 12.5 Å². The lowest BCUT2D eigenvalue weighted by Crippen LogP contribution is -2.36. The minimum Gasteiger partial charge on any atom is -0.354 e. The average Bonchev–Trinajstić information content (AvgIpc) is 2.66. The molecule has 0 spiro atoms. The molecule has 14 heavy (non-hydrogen) atoms. The van der Waals surface area contributed by atoms with Crippen LogP contribution < -0.4 is 5.32 Å². The van der Waals surface area contributed by atoms with Gasteiger partial charge in [0.25, 0.3) is 0 Å². The molecule has 4 heteroatoms. The zero-order chi connectivity index (χ0) is 10.6. The van der Waals surface area contributed by atoms with Gasteiger partial charge in [0.05, 0.1) is 10.6 Å². The van der Waals surface area contributed by atoms with Crippen molar-refractivity contribution in [3.8, 4) is 0 Å². The Balaban J connectivity index is 2.20. The summed E-state index contributed by atoms with van der Waals surface area (Å²) < 4.78 is 0. The Morgan fingerprint density at radius 1 is 1.64 bits per heavy atom. The third kappa shape index (κ3) is 3.70. The Kier molecular flexibility index (Phi) is 5.10. The molecule has 1 rings (SSSR count). The number of rotatable bonds is 4. The summed E-state index contributed by atoms with van der Waals surface area (Å²) in [5.74, 6) is 1.69. The van der Waals surface area contributed by atoms with Crippen LogP contribution >= 0.6 is 23.4 Å². The molecule has 82 valence electrons. The minimum absolute atomic E-state index is 0.0466. The van der Waals surface area contributed by atoms with Crippen molar-refractivity contribution in [2.45, 2.75) is 37.3 Å². The van der Waals surface area contributed by atoms with Crippen molar-refractivity contribution >= 4 is 29.3 Å². The molecule has 2 nitrogen and oxygen atoms in total. The van der Waals surface area contributed by atoms with E-state index in [9.17, 15) is 4.79 Å². The van der Waals surface area contributed by atoms with Crippen LogP contribution in [0.15, 0.2) is 0 Å². The first kappa shape index (κ1) is 12.2. The van der Waals surface area contributed by atoms with Gasteiger partial charge >= 0.3 is 0 Å². The number of carbonyl (C=O) groups is 1. The first-order chi connectivity index (χ1) is 6.61. The van der Waals surface area contributed by atoms with Crippen LogP contribution in [0.3, 0.4) is 0 Å². The smallest absolute Gasteiger partial charge is 0.233 e. The molecule has 0 saturated carbocycles. The Morgan fingerprint density at radius 2 is 2.36 bits per heavy atom. The fraction of sp³-hybridized carbons (Fsp3) is 0.900. The fourth-order valence-corrected chi connectivity index (χ4v) is 2.60. The molecule has 0 aromatic rings. The minimum atomic E-state index is 0.0466. The average molecular weight is 236 g/mol. The number of halogens is 1. The van der Waals surface area contributed by atoms with Crippen LogP contribution in [0.5, 0.6) is 0 Å². The molecule has 1 aliphatic heterocycles. The molecule has 0 aromatic carbocycles. The monoisotopic (exact) mass is 235 g/mol. The van der Waals surface area contributed by atoms with Gasteiger partial charge in [0.2, 0.25) is 5.91 Å². The van der Waals surface area contributed by atoms with Crippen molar-refractivity contribution in [2.24, 2.45) is 5.92 Å². The van der Waals surface area contributed by atoms with Crippen molar-refractivity contribution in [1.82, 2.24) is 5.32 Å². The van der Waals surface area contributed by atoms with Crippen molar-refractivity contribution < 1.29 is 4.79 Å². The van der Waals surface area contributed by atoms with Crippen molar-refractivity contribution in [3.05, 3.63) is 0 Å². The Morgan fingerprint density at radius 3 is 2.86 bits per heavy atom. The lowest BCUT2D eigenvalue weighted by molar-refractivity contribution is -0.120. The van der Waals surface area contributed by atoms with Crippen LogP contribution in [-0.2, 0) is 4.79 Å². The molecule has 2 atom stereocenters. The molecular weight excluding hydrogens is 218 g/mol. The second kappa shape index (κ2) is 5.86. The maximum absolute atomic E-state index is 11.6. The summed E-state index contributed by atoms with van der Waals surface area (Å²) in [5, 5.41) is 3.13. The second-order valence-corrected chi connectivity index (χ2v) is 5.88. The lowest BCUT2D eigenvalue weighted by atomic mass is 10.1. The first-order valence-electron chi connectivity index (χ1n) is 5.14. The summed E-state index contributed by atoms with van der Waals surface area (Å²) >= 11 is 7.80. The van der Waals surface area contributed by atoms with Gasteiger partial charge in [-0.3, -0.25) is 4.79 Å². The molecule has 1 N–H and O–H groups in total. The van der Waals surface area contributed by atoms with Gasteiger partial charge in [-0.25, -0.2) is 0 Å². The van der Waals surface area contributed by atoms with Crippen LogP contribution in [0.4, 0.5) is 0 Å². The van der Waals surface area contributed by atoms with E-state index in [4.69, 9.17) is 11.6 Å². The highest BCUT2D eigenvalue weighted by Crippen LogP contribution is 2.26. The quantitative estimate of drug-likeness (QED) is 0.758. The van der Waals surface area contributed by atoms with Crippen LogP contribution in [0.25, 0.3) is 0 Å². The summed E-state index contributed by atoms with van der Waals surface area (Å²) in [7, 11) is 0. The molecule has 0 aromatic heterocycles. The van der Waals surface area contributed by atoms with E-state index in [1.165, 1.54) is 0 Å². The van der Waals surface area contributed by atoms with E-state index in [0.717, 1.165) is 18.6 Å². The maximum atomic E-state index is 11.6. The molecule has 2 unspecified atom stereocenters. The van der Waals surface area contributed by atoms with E-state index in [2.05, 4.69) is 19.2 Å². The van der Waals surface area contributed by atoms with Gasteiger partial charge in [0.15, 0.2) is 0 Å². The van der Waals surface area contributed by atoms with Crippen LogP contribution in [0.1, 0.15) is 26.7 Å². The SMILES string of the molecule is CC(C)C(Cl)CNC(=O)C1CCCS1. The lowest BCUT2D eigenvalue weighted by Gasteiger charge is -2.15. The third-order valence-electron chi connectivity index (χ3n) is 2.42. The van der Waals surface area contributed by atoms with E-state index in [-0.39, 0.29) is 16.5 Å². The van der Waals surface area contributed by atoms with Crippen molar-refractivity contribution in [3.63, 3.8) is 0 Å². The molecule has 0 aliphatic carbocycles. The Bertz CT molecular complexity index is 193. The Hall–Kier alpha value is 0.110. The normalized spacial score (nSPS) is 23.9. The number of hydrogen-bond acceptors (Lipinski definition) is 2. The number of carbonyl (C=O) groups excluding carboxylic acids is 1. The number of alkyl halides is 1. The predicted molar refractivity (Wildman–Crippen MR) is 63.0 cm³/mol. The highest BCUT2D eigenvalue weighted by atomic mass is 35.5. The molecule has 1 saturated heterocycles. The van der Waals surface area contributed by atoms with Crippen molar-refractivity contribution in [1.29, 1.82) is 0 Å². The van der Waals surface area contributed by atoms with Gasteiger partial charge in [0, 0.05) is 6.54 Å². The number of nitrogens with one attached hydrogen (secondary N) is 1. The largest absolute Gasteiger partial charge is 0.354 e. The van der Waals surface area contributed by atoms with Gasteiger partial charge in [0.1, 0.15) is 0 Å². The van der Waals surface area contributed by atoms with E-state index in [1.807, 2.05) is 0 Å². The van der Waals surface area contributed by atoms with E-state index >= 15 is 0 Å². The summed E-state index contributed by atoms with van der Waals surface area (Å²) in [4.78, 5) is 11.6. The standard InChI is InChI=1S/C10H18ClNOS/c1-7(2)8(11)6-12-10(13)9-4-3-5-14-9/h7-9H,3-6H2,1-2H3,(H,12,13). The maximum Gasteiger partial charge on any atom is 0.233 e. The first-order valence-corrected chi connectivity index (χ1v) is 6.63. The number of thioether (sulfide) groups is 1. The second-order valence-electron chi connectivity index (χ2n) is 4.01. The Labute approximate surface area is 95.2 Å². The molecule has 1 amide bonds. The van der Waals surface area contributed by atoms with Crippen LogP contribution in [-0.4, -0.2) is 28.8 Å². The molecule has 1 aliphatic rings. The van der Waals surface area contributed by atoms with Gasteiger partial charge in [-0.1, -0.05) is 13.8 Å². The van der Waals surface area contributed by atoms with Crippen LogP contribution in [0, 0.1) is 5.92 Å². The van der Waals surface area contributed by atoms with E-state index < -0.39 is 0 Å². The third-order valence-corrected chi connectivity index (χ3v) is 4.45. The molecular formula is C10H18ClNOS. The van der Waals surface area contributed by atoms with Gasteiger partial charge < -0.3 is 5.32 Å². The molecule has 1 heterocycles. The summed E-state index contributed by atoms with van der Waals surface area (Å²) in [6, 6.07) is 0. The van der Waals surface area contributed by atoms with Crippen LogP contribution in [0.2, 0.25) is 0 Å².